The van der Waals surface area contributed by atoms with E-state index in [4.69, 9.17) is 0 Å². The summed E-state index contributed by atoms with van der Waals surface area (Å²) in [4.78, 5) is 2.37. The number of likely N-dealkylation sites (N-methyl/N-ethyl adjacent to an activating group) is 1. The molecule has 2 aliphatic rings. The molecule has 0 aromatic heterocycles. The van der Waals surface area contributed by atoms with Gasteiger partial charge in [0.1, 0.15) is 0 Å². The SMILES string of the molecule is CN1CCCCC1C(O)C1CCCC1. The molecule has 0 aromatic carbocycles. The summed E-state index contributed by atoms with van der Waals surface area (Å²) in [6, 6.07) is 0.451. The second kappa shape index (κ2) is 4.63. The number of aliphatic hydroxyl groups excluding tert-OH is 1. The lowest BCUT2D eigenvalue weighted by atomic mass is 9.89. The number of rotatable bonds is 2. The summed E-state index contributed by atoms with van der Waals surface area (Å²) in [5.74, 6) is 0.598. The van der Waals surface area contributed by atoms with Crippen molar-refractivity contribution in [2.24, 2.45) is 5.92 Å². The second-order valence-electron chi connectivity index (χ2n) is 5.08. The van der Waals surface area contributed by atoms with Crippen molar-refractivity contribution >= 4 is 0 Å². The van der Waals surface area contributed by atoms with Gasteiger partial charge < -0.3 is 10.0 Å². The van der Waals surface area contributed by atoms with Gasteiger partial charge in [-0.3, -0.25) is 0 Å². The summed E-state index contributed by atoms with van der Waals surface area (Å²) in [6.45, 7) is 1.18. The molecule has 1 N–H and O–H groups in total. The lowest BCUT2D eigenvalue weighted by molar-refractivity contribution is 0.00487. The Labute approximate surface area is 87.3 Å². The van der Waals surface area contributed by atoms with E-state index in [2.05, 4.69) is 11.9 Å². The van der Waals surface area contributed by atoms with Crippen LogP contribution in [0, 0.1) is 5.92 Å². The highest BCUT2D eigenvalue weighted by atomic mass is 16.3. The maximum atomic E-state index is 10.3. The third kappa shape index (κ3) is 2.12. The molecular formula is C12H23NO. The van der Waals surface area contributed by atoms with Crippen LogP contribution < -0.4 is 0 Å². The quantitative estimate of drug-likeness (QED) is 0.732. The zero-order valence-corrected chi connectivity index (χ0v) is 9.28. The molecule has 2 heteroatoms. The Kier molecular flexibility index (Phi) is 3.45. The fourth-order valence-electron chi connectivity index (χ4n) is 3.15. The minimum Gasteiger partial charge on any atom is -0.391 e. The molecule has 2 unspecified atom stereocenters. The van der Waals surface area contributed by atoms with Gasteiger partial charge in [0, 0.05) is 6.04 Å². The van der Waals surface area contributed by atoms with Crippen molar-refractivity contribution in [3.05, 3.63) is 0 Å². The van der Waals surface area contributed by atoms with Crippen LogP contribution in [0.5, 0.6) is 0 Å². The number of likely N-dealkylation sites (tertiary alicyclic amines) is 1. The standard InChI is InChI=1S/C12H23NO/c1-13-9-5-4-8-11(13)12(14)10-6-2-3-7-10/h10-12,14H,2-9H2,1H3. The first-order chi connectivity index (χ1) is 6.79. The first kappa shape index (κ1) is 10.4. The fraction of sp³-hybridized carbons (Fsp3) is 1.00. The van der Waals surface area contributed by atoms with E-state index in [1.54, 1.807) is 0 Å². The van der Waals surface area contributed by atoms with E-state index in [1.807, 2.05) is 0 Å². The van der Waals surface area contributed by atoms with Crippen LogP contribution in [-0.4, -0.2) is 35.7 Å². The maximum absolute atomic E-state index is 10.3. The lowest BCUT2D eigenvalue weighted by Crippen LogP contribution is -2.47. The van der Waals surface area contributed by atoms with Crippen LogP contribution >= 0.6 is 0 Å². The Balaban J connectivity index is 1.91. The van der Waals surface area contributed by atoms with Gasteiger partial charge >= 0.3 is 0 Å². The monoisotopic (exact) mass is 197 g/mol. The predicted octanol–water partition coefficient (Wildman–Crippen LogP) is 2.02. The van der Waals surface area contributed by atoms with E-state index >= 15 is 0 Å². The number of hydrogen-bond acceptors (Lipinski definition) is 2. The van der Waals surface area contributed by atoms with Gasteiger partial charge in [-0.2, -0.15) is 0 Å². The van der Waals surface area contributed by atoms with Gasteiger partial charge in [0.25, 0.3) is 0 Å². The number of aliphatic hydroxyl groups is 1. The van der Waals surface area contributed by atoms with Crippen LogP contribution in [0.15, 0.2) is 0 Å². The van der Waals surface area contributed by atoms with Gasteiger partial charge in [-0.15, -0.1) is 0 Å². The third-order valence-corrected chi connectivity index (χ3v) is 4.10. The zero-order chi connectivity index (χ0) is 9.97. The summed E-state index contributed by atoms with van der Waals surface area (Å²) >= 11 is 0. The highest BCUT2D eigenvalue weighted by molar-refractivity contribution is 4.87. The van der Waals surface area contributed by atoms with Gasteiger partial charge in [0.2, 0.25) is 0 Å². The first-order valence-corrected chi connectivity index (χ1v) is 6.17. The number of nitrogens with zero attached hydrogens (tertiary/aromatic N) is 1. The molecule has 0 amide bonds. The second-order valence-corrected chi connectivity index (χ2v) is 5.08. The molecule has 1 aliphatic heterocycles. The summed E-state index contributed by atoms with van der Waals surface area (Å²) in [5, 5.41) is 10.3. The average Bonchev–Trinajstić information content (AvgIpc) is 2.70. The average molecular weight is 197 g/mol. The molecule has 0 spiro atoms. The van der Waals surface area contributed by atoms with E-state index in [0.29, 0.717) is 12.0 Å². The topological polar surface area (TPSA) is 23.5 Å². The van der Waals surface area contributed by atoms with Crippen LogP contribution in [0.4, 0.5) is 0 Å². The molecule has 1 saturated heterocycles. The van der Waals surface area contributed by atoms with E-state index in [-0.39, 0.29) is 6.10 Å². The summed E-state index contributed by atoms with van der Waals surface area (Å²) < 4.78 is 0. The van der Waals surface area contributed by atoms with E-state index in [0.717, 1.165) is 0 Å². The fourth-order valence-corrected chi connectivity index (χ4v) is 3.15. The van der Waals surface area contributed by atoms with Gasteiger partial charge in [0.05, 0.1) is 6.10 Å². The van der Waals surface area contributed by atoms with Gasteiger partial charge in [-0.1, -0.05) is 19.3 Å². The summed E-state index contributed by atoms with van der Waals surface area (Å²) in [6.07, 6.45) is 8.94. The first-order valence-electron chi connectivity index (χ1n) is 6.17. The third-order valence-electron chi connectivity index (χ3n) is 4.10. The molecule has 2 atom stereocenters. The molecule has 1 aliphatic carbocycles. The Morgan fingerprint density at radius 3 is 2.36 bits per heavy atom. The zero-order valence-electron chi connectivity index (χ0n) is 9.28. The molecule has 0 bridgehead atoms. The Morgan fingerprint density at radius 1 is 1.07 bits per heavy atom. The lowest BCUT2D eigenvalue weighted by Gasteiger charge is -2.38. The normalized spacial score (nSPS) is 33.4. The Bertz CT molecular complexity index is 177. The van der Waals surface area contributed by atoms with Crippen molar-refractivity contribution in [3.63, 3.8) is 0 Å². The van der Waals surface area contributed by atoms with Crippen molar-refractivity contribution in [2.75, 3.05) is 13.6 Å². The summed E-state index contributed by atoms with van der Waals surface area (Å²) in [7, 11) is 2.17. The largest absolute Gasteiger partial charge is 0.391 e. The van der Waals surface area contributed by atoms with Crippen LogP contribution in [0.1, 0.15) is 44.9 Å². The van der Waals surface area contributed by atoms with Crippen LogP contribution in [0.3, 0.4) is 0 Å². The molecule has 82 valence electrons. The molecule has 0 aromatic rings. The molecule has 14 heavy (non-hydrogen) atoms. The van der Waals surface area contributed by atoms with Crippen molar-refractivity contribution in [3.8, 4) is 0 Å². The molecule has 2 nitrogen and oxygen atoms in total. The Hall–Kier alpha value is -0.0800. The van der Waals surface area contributed by atoms with Crippen LogP contribution in [0.25, 0.3) is 0 Å². The highest BCUT2D eigenvalue weighted by Crippen LogP contribution is 2.32. The molecular weight excluding hydrogens is 174 g/mol. The van der Waals surface area contributed by atoms with Gasteiger partial charge in [0.15, 0.2) is 0 Å². The molecule has 1 saturated carbocycles. The number of hydrogen-bond donors (Lipinski definition) is 1. The van der Waals surface area contributed by atoms with E-state index in [1.165, 1.54) is 51.5 Å². The molecule has 2 fully saturated rings. The van der Waals surface area contributed by atoms with Gasteiger partial charge in [-0.25, -0.2) is 0 Å². The van der Waals surface area contributed by atoms with Gasteiger partial charge in [-0.05, 0) is 45.2 Å². The molecule has 2 rings (SSSR count). The van der Waals surface area contributed by atoms with E-state index < -0.39 is 0 Å². The van der Waals surface area contributed by atoms with Crippen molar-refractivity contribution < 1.29 is 5.11 Å². The molecule has 0 radical (unpaired) electrons. The van der Waals surface area contributed by atoms with E-state index in [9.17, 15) is 5.11 Å². The predicted molar refractivity (Wildman–Crippen MR) is 58.2 cm³/mol. The van der Waals surface area contributed by atoms with Crippen molar-refractivity contribution in [1.29, 1.82) is 0 Å². The highest BCUT2D eigenvalue weighted by Gasteiger charge is 2.33. The van der Waals surface area contributed by atoms with Crippen molar-refractivity contribution in [1.82, 2.24) is 4.90 Å². The molecule has 1 heterocycles. The Morgan fingerprint density at radius 2 is 1.71 bits per heavy atom. The van der Waals surface area contributed by atoms with Crippen LogP contribution in [-0.2, 0) is 0 Å². The summed E-state index contributed by atoms with van der Waals surface area (Å²) in [5.41, 5.74) is 0. The van der Waals surface area contributed by atoms with Crippen molar-refractivity contribution in [2.45, 2.75) is 57.1 Å². The van der Waals surface area contributed by atoms with Crippen LogP contribution in [0.2, 0.25) is 0 Å². The minimum atomic E-state index is -0.0530. The number of piperidine rings is 1. The maximum Gasteiger partial charge on any atom is 0.0723 e. The minimum absolute atomic E-state index is 0.0530. The smallest absolute Gasteiger partial charge is 0.0723 e.